The Hall–Kier alpha value is -3.84. The number of aromatic nitrogens is 4. The van der Waals surface area contributed by atoms with Gasteiger partial charge in [0.05, 0.1) is 35.3 Å². The maximum Gasteiger partial charge on any atom is 0.433 e. The van der Waals surface area contributed by atoms with Crippen LogP contribution in [0.4, 0.5) is 37.8 Å². The standard InChI is InChI=1S/C28H26F6N6O/c29-27(30,31)21-5-4-10-35-25(21)18-6-8-20-22(15-18)38-24(17-41-14-13-40-11-2-1-3-12-40)39-26(20)37-19-7-9-23(36-16-19)28(32,33)34/h4-10,15-16H,1-3,11-14,17H2,(H,37,38,39). The summed E-state index contributed by atoms with van der Waals surface area (Å²) in [7, 11) is 0. The van der Waals surface area contributed by atoms with Crippen molar-refractivity contribution in [1.29, 1.82) is 0 Å². The van der Waals surface area contributed by atoms with Crippen LogP contribution in [-0.2, 0) is 23.7 Å². The fraction of sp³-hybridized carbons (Fsp3) is 0.357. The number of nitrogens with zero attached hydrogens (tertiary/aromatic N) is 5. The quantitative estimate of drug-likeness (QED) is 0.181. The Morgan fingerprint density at radius 3 is 2.39 bits per heavy atom. The van der Waals surface area contributed by atoms with Gasteiger partial charge < -0.3 is 15.0 Å². The van der Waals surface area contributed by atoms with Crippen molar-refractivity contribution in [1.82, 2.24) is 24.8 Å². The van der Waals surface area contributed by atoms with E-state index in [0.717, 1.165) is 50.8 Å². The third-order valence-corrected chi connectivity index (χ3v) is 6.68. The number of anilines is 2. The van der Waals surface area contributed by atoms with Crippen molar-refractivity contribution < 1.29 is 31.1 Å². The highest BCUT2D eigenvalue weighted by atomic mass is 19.4. The average Bonchev–Trinajstić information content (AvgIpc) is 2.95. The van der Waals surface area contributed by atoms with Crippen LogP contribution in [0.25, 0.3) is 22.2 Å². The normalized spacial score (nSPS) is 14.9. The van der Waals surface area contributed by atoms with Gasteiger partial charge in [-0.1, -0.05) is 12.5 Å². The molecule has 0 unspecified atom stereocenters. The van der Waals surface area contributed by atoms with E-state index in [2.05, 4.69) is 30.2 Å². The summed E-state index contributed by atoms with van der Waals surface area (Å²) in [5, 5.41) is 3.40. The highest BCUT2D eigenvalue weighted by Gasteiger charge is 2.34. The third kappa shape index (κ3) is 7.09. The van der Waals surface area contributed by atoms with Crippen molar-refractivity contribution in [3.8, 4) is 11.3 Å². The monoisotopic (exact) mass is 576 g/mol. The fourth-order valence-corrected chi connectivity index (χ4v) is 4.66. The Labute approximate surface area is 231 Å². The second-order valence-corrected chi connectivity index (χ2v) is 9.63. The summed E-state index contributed by atoms with van der Waals surface area (Å²) in [6.45, 7) is 3.25. The first-order chi connectivity index (χ1) is 19.6. The van der Waals surface area contributed by atoms with Crippen LogP contribution < -0.4 is 5.32 Å². The minimum atomic E-state index is -4.61. The summed E-state index contributed by atoms with van der Waals surface area (Å²) in [5.41, 5.74) is -1.43. The lowest BCUT2D eigenvalue weighted by atomic mass is 10.0. The predicted molar refractivity (Wildman–Crippen MR) is 140 cm³/mol. The van der Waals surface area contributed by atoms with Crippen LogP contribution in [0.15, 0.2) is 54.9 Å². The van der Waals surface area contributed by atoms with Gasteiger partial charge in [0.1, 0.15) is 18.1 Å². The minimum Gasteiger partial charge on any atom is -0.372 e. The highest BCUT2D eigenvalue weighted by Crippen LogP contribution is 2.37. The molecule has 0 aliphatic carbocycles. The van der Waals surface area contributed by atoms with E-state index in [0.29, 0.717) is 17.5 Å². The van der Waals surface area contributed by atoms with E-state index >= 15 is 0 Å². The predicted octanol–water partition coefficient (Wildman–Crippen LogP) is 6.87. The van der Waals surface area contributed by atoms with Gasteiger partial charge in [-0.2, -0.15) is 26.3 Å². The average molecular weight is 577 g/mol. The largest absolute Gasteiger partial charge is 0.433 e. The number of nitrogens with one attached hydrogen (secondary N) is 1. The zero-order valence-electron chi connectivity index (χ0n) is 21.8. The molecule has 13 heteroatoms. The smallest absolute Gasteiger partial charge is 0.372 e. The lowest BCUT2D eigenvalue weighted by Crippen LogP contribution is -2.32. The van der Waals surface area contributed by atoms with E-state index < -0.39 is 23.6 Å². The first-order valence-electron chi connectivity index (χ1n) is 13.0. The molecule has 3 aromatic heterocycles. The number of halogens is 6. The van der Waals surface area contributed by atoms with E-state index in [1.165, 1.54) is 36.9 Å². The Bertz CT molecular complexity index is 1490. The van der Waals surface area contributed by atoms with Gasteiger partial charge in [0.15, 0.2) is 5.82 Å². The number of piperidine rings is 1. The molecule has 1 aliphatic heterocycles. The molecule has 1 saturated heterocycles. The topological polar surface area (TPSA) is 76.1 Å². The molecule has 4 aromatic rings. The van der Waals surface area contributed by atoms with Crippen LogP contribution in [0.1, 0.15) is 36.3 Å². The van der Waals surface area contributed by atoms with E-state index in [4.69, 9.17) is 4.74 Å². The molecule has 0 radical (unpaired) electrons. The zero-order valence-corrected chi connectivity index (χ0v) is 21.8. The van der Waals surface area contributed by atoms with Crippen molar-refractivity contribution in [3.63, 3.8) is 0 Å². The second kappa shape index (κ2) is 12.0. The van der Waals surface area contributed by atoms with Crippen molar-refractivity contribution in [2.24, 2.45) is 0 Å². The first-order valence-corrected chi connectivity index (χ1v) is 13.0. The fourth-order valence-electron chi connectivity index (χ4n) is 4.66. The van der Waals surface area contributed by atoms with Gasteiger partial charge in [-0.3, -0.25) is 4.98 Å². The van der Waals surface area contributed by atoms with Crippen molar-refractivity contribution >= 4 is 22.4 Å². The highest BCUT2D eigenvalue weighted by molar-refractivity contribution is 5.93. The number of hydrogen-bond acceptors (Lipinski definition) is 7. The number of pyridine rings is 2. The number of hydrogen-bond donors (Lipinski definition) is 1. The van der Waals surface area contributed by atoms with E-state index in [1.807, 2.05) is 0 Å². The number of fused-ring (bicyclic) bond motifs is 1. The summed E-state index contributed by atoms with van der Waals surface area (Å²) >= 11 is 0. The van der Waals surface area contributed by atoms with E-state index in [9.17, 15) is 26.3 Å². The lowest BCUT2D eigenvalue weighted by molar-refractivity contribution is -0.141. The Morgan fingerprint density at radius 2 is 1.68 bits per heavy atom. The van der Waals surface area contributed by atoms with Crippen LogP contribution in [-0.4, -0.2) is 51.1 Å². The first kappa shape index (κ1) is 28.7. The Morgan fingerprint density at radius 1 is 0.878 bits per heavy atom. The van der Waals surface area contributed by atoms with Gasteiger partial charge in [-0.05, 0) is 62.3 Å². The third-order valence-electron chi connectivity index (χ3n) is 6.68. The molecule has 1 aliphatic rings. The molecule has 1 fully saturated rings. The molecule has 0 bridgehead atoms. The molecular weight excluding hydrogens is 550 g/mol. The van der Waals surface area contributed by atoms with Crippen LogP contribution >= 0.6 is 0 Å². The number of benzene rings is 1. The molecule has 7 nitrogen and oxygen atoms in total. The summed E-state index contributed by atoms with van der Waals surface area (Å²) < 4.78 is 85.7. The maximum absolute atomic E-state index is 13.7. The zero-order chi connectivity index (χ0) is 29.0. The van der Waals surface area contributed by atoms with E-state index in [-0.39, 0.29) is 35.2 Å². The maximum atomic E-state index is 13.7. The molecule has 0 spiro atoms. The van der Waals surface area contributed by atoms with Gasteiger partial charge in [0.25, 0.3) is 0 Å². The van der Waals surface area contributed by atoms with Gasteiger partial charge in [0, 0.05) is 23.7 Å². The van der Waals surface area contributed by atoms with Crippen molar-refractivity contribution in [3.05, 3.63) is 71.9 Å². The molecule has 5 rings (SSSR count). The van der Waals surface area contributed by atoms with E-state index in [1.54, 1.807) is 6.07 Å². The van der Waals surface area contributed by atoms with Crippen LogP contribution in [0.5, 0.6) is 0 Å². The number of rotatable bonds is 8. The molecule has 1 N–H and O–H groups in total. The number of likely N-dealkylation sites (tertiary alicyclic amines) is 1. The molecule has 0 saturated carbocycles. The Kier molecular flexibility index (Phi) is 8.36. The number of alkyl halides is 6. The SMILES string of the molecule is FC(F)(F)c1ccc(Nc2nc(COCCN3CCCCC3)nc3cc(-c4ncccc4C(F)(F)F)ccc23)cn1. The summed E-state index contributed by atoms with van der Waals surface area (Å²) in [6, 6.07) is 8.72. The van der Waals surface area contributed by atoms with Crippen molar-refractivity contribution in [2.45, 2.75) is 38.2 Å². The molecule has 0 amide bonds. The molecular formula is C28H26F6N6O. The van der Waals surface area contributed by atoms with Gasteiger partial charge in [-0.25, -0.2) is 15.0 Å². The minimum absolute atomic E-state index is 0.0331. The number of ether oxygens (including phenoxy) is 1. The van der Waals surface area contributed by atoms with Crippen molar-refractivity contribution in [2.75, 3.05) is 31.6 Å². The summed E-state index contributed by atoms with van der Waals surface area (Å²) in [6.07, 6.45) is -3.37. The Balaban J connectivity index is 1.46. The van der Waals surface area contributed by atoms with Gasteiger partial charge in [-0.15, -0.1) is 0 Å². The van der Waals surface area contributed by atoms with Gasteiger partial charge in [0.2, 0.25) is 0 Å². The summed E-state index contributed by atoms with van der Waals surface area (Å²) in [4.78, 5) is 18.8. The molecule has 4 heterocycles. The molecule has 1 aromatic carbocycles. The summed E-state index contributed by atoms with van der Waals surface area (Å²) in [5.74, 6) is 0.502. The second-order valence-electron chi connectivity index (χ2n) is 9.63. The molecule has 216 valence electrons. The van der Waals surface area contributed by atoms with Gasteiger partial charge >= 0.3 is 12.4 Å². The van der Waals surface area contributed by atoms with Crippen LogP contribution in [0.2, 0.25) is 0 Å². The van der Waals surface area contributed by atoms with Crippen LogP contribution in [0, 0.1) is 0 Å². The molecule has 0 atom stereocenters. The van der Waals surface area contributed by atoms with Crippen LogP contribution in [0.3, 0.4) is 0 Å². The molecule has 41 heavy (non-hydrogen) atoms. The lowest BCUT2D eigenvalue weighted by Gasteiger charge is -2.26.